The Labute approximate surface area is 182 Å². The van der Waals surface area contributed by atoms with Crippen LogP contribution in [-0.4, -0.2) is 56.2 Å². The molecule has 3 rings (SSSR count). The van der Waals surface area contributed by atoms with Gasteiger partial charge in [0.25, 0.3) is 0 Å². The number of morpholine rings is 1. The highest BCUT2D eigenvalue weighted by Gasteiger charge is 2.17. The second-order valence-electron chi connectivity index (χ2n) is 6.22. The summed E-state index contributed by atoms with van der Waals surface area (Å²) in [5.74, 6) is 1.35. The second kappa shape index (κ2) is 10.5. The predicted octanol–water partition coefficient (Wildman–Crippen LogP) is 3.30. The number of hydrazone groups is 1. The van der Waals surface area contributed by atoms with E-state index in [1.54, 1.807) is 13.3 Å². The van der Waals surface area contributed by atoms with Crippen molar-refractivity contribution in [3.63, 3.8) is 0 Å². The van der Waals surface area contributed by atoms with Crippen molar-refractivity contribution in [1.29, 1.82) is 0 Å². The molecule has 2 heterocycles. The van der Waals surface area contributed by atoms with Gasteiger partial charge in [-0.05, 0) is 46.7 Å². The van der Waals surface area contributed by atoms with Gasteiger partial charge in [-0.25, -0.2) is 14.8 Å². The van der Waals surface area contributed by atoms with Gasteiger partial charge >= 0.3 is 0 Å². The number of benzene rings is 1. The van der Waals surface area contributed by atoms with Gasteiger partial charge in [-0.3, -0.25) is 0 Å². The molecule has 1 fully saturated rings. The largest absolute Gasteiger partial charge is 0.493 e. The molecule has 0 bridgehead atoms. The summed E-state index contributed by atoms with van der Waals surface area (Å²) in [5, 5.41) is 4.17. The predicted molar refractivity (Wildman–Crippen MR) is 118 cm³/mol. The Hall–Kier alpha value is -2.21. The fourth-order valence-corrected chi connectivity index (χ4v) is 3.51. The molecule has 1 aliphatic heterocycles. The molecule has 0 amide bonds. The van der Waals surface area contributed by atoms with Crippen LogP contribution in [0.4, 0.5) is 16.2 Å². The summed E-state index contributed by atoms with van der Waals surface area (Å²) in [6.07, 6.45) is 3.67. The maximum absolute atomic E-state index is 14.1. The Morgan fingerprint density at radius 3 is 2.90 bits per heavy atom. The van der Waals surface area contributed by atoms with Crippen LogP contribution in [0.3, 0.4) is 0 Å². The summed E-state index contributed by atoms with van der Waals surface area (Å²) in [7, 11) is 1.60. The van der Waals surface area contributed by atoms with E-state index in [0.717, 1.165) is 27.5 Å². The molecule has 1 aromatic carbocycles. The summed E-state index contributed by atoms with van der Waals surface area (Å²) < 4.78 is 31.5. The van der Waals surface area contributed by atoms with Crippen LogP contribution < -0.4 is 19.8 Å². The molecule has 8 nitrogen and oxygen atoms in total. The summed E-state index contributed by atoms with van der Waals surface area (Å²) in [5.41, 5.74) is 3.57. The van der Waals surface area contributed by atoms with E-state index >= 15 is 0 Å². The zero-order valence-electron chi connectivity index (χ0n) is 16.3. The van der Waals surface area contributed by atoms with Crippen LogP contribution in [0.15, 0.2) is 23.4 Å². The van der Waals surface area contributed by atoms with Crippen molar-refractivity contribution in [2.24, 2.45) is 5.10 Å². The number of hydrogen-bond donors (Lipinski definition) is 1. The van der Waals surface area contributed by atoms with Crippen molar-refractivity contribution in [2.75, 3.05) is 50.3 Å². The third kappa shape index (κ3) is 5.66. The van der Waals surface area contributed by atoms with Gasteiger partial charge in [0, 0.05) is 13.1 Å². The zero-order chi connectivity index (χ0) is 20.6. The quantitative estimate of drug-likeness (QED) is 0.328. The van der Waals surface area contributed by atoms with Crippen LogP contribution in [-0.2, 0) is 4.74 Å². The monoisotopic (exact) mass is 515 g/mol. The number of rotatable bonds is 8. The average molecular weight is 515 g/mol. The number of aromatic nitrogens is 2. The number of nitrogens with zero attached hydrogens (tertiary/aromatic N) is 4. The fourth-order valence-electron chi connectivity index (χ4n) is 2.73. The van der Waals surface area contributed by atoms with E-state index in [2.05, 4.69) is 43.1 Å². The summed E-state index contributed by atoms with van der Waals surface area (Å²) in [6, 6.07) is 3.77. The molecule has 0 saturated carbocycles. The highest BCUT2D eigenvalue weighted by atomic mass is 127. The van der Waals surface area contributed by atoms with Crippen molar-refractivity contribution < 1.29 is 18.6 Å². The number of methoxy groups -OCH3 is 1. The molecule has 10 heteroatoms. The zero-order valence-corrected chi connectivity index (χ0v) is 18.5. The Morgan fingerprint density at radius 1 is 1.38 bits per heavy atom. The third-order valence-electron chi connectivity index (χ3n) is 4.12. The molecule has 156 valence electrons. The lowest BCUT2D eigenvalue weighted by molar-refractivity contribution is 0.122. The minimum atomic E-state index is -0.469. The van der Waals surface area contributed by atoms with Gasteiger partial charge < -0.3 is 19.1 Å². The van der Waals surface area contributed by atoms with Crippen molar-refractivity contribution in [1.82, 2.24) is 9.97 Å². The van der Waals surface area contributed by atoms with Gasteiger partial charge in [0.2, 0.25) is 5.95 Å². The maximum atomic E-state index is 14.1. The molecule has 1 aliphatic rings. The van der Waals surface area contributed by atoms with E-state index in [0.29, 0.717) is 38.7 Å². The topological polar surface area (TPSA) is 81.1 Å². The molecule has 1 saturated heterocycles. The Bertz CT molecular complexity index is 862. The molecule has 0 aliphatic carbocycles. The maximum Gasteiger partial charge on any atom is 0.245 e. The van der Waals surface area contributed by atoms with E-state index in [9.17, 15) is 4.39 Å². The molecule has 0 spiro atoms. The van der Waals surface area contributed by atoms with Crippen molar-refractivity contribution in [3.05, 3.63) is 33.3 Å². The second-order valence-corrected chi connectivity index (χ2v) is 7.38. The van der Waals surface area contributed by atoms with Crippen LogP contribution in [0.1, 0.15) is 18.9 Å². The molecule has 29 heavy (non-hydrogen) atoms. The van der Waals surface area contributed by atoms with Crippen LogP contribution >= 0.6 is 22.6 Å². The Morgan fingerprint density at radius 2 is 2.17 bits per heavy atom. The minimum absolute atomic E-state index is 0.216. The summed E-state index contributed by atoms with van der Waals surface area (Å²) in [6.45, 7) is 4.93. The standard InChI is InChI=1S/C19H23FIN5O3/c1-3-6-29-17-15(21)9-13(10-16(17)27-2)11-23-25-19-22-12-14(20)18(24-19)26-4-7-28-8-5-26/h9-12H,3-8H2,1-2H3,(H,22,24,25). The smallest absolute Gasteiger partial charge is 0.245 e. The highest BCUT2D eigenvalue weighted by Crippen LogP contribution is 2.33. The van der Waals surface area contributed by atoms with Gasteiger partial charge in [-0.2, -0.15) is 10.1 Å². The van der Waals surface area contributed by atoms with Crippen LogP contribution in [0.25, 0.3) is 0 Å². The van der Waals surface area contributed by atoms with E-state index in [1.165, 1.54) is 0 Å². The first-order valence-corrected chi connectivity index (χ1v) is 10.3. The fraction of sp³-hybridized carbons (Fsp3) is 0.421. The van der Waals surface area contributed by atoms with Crippen LogP contribution in [0, 0.1) is 9.39 Å². The van der Waals surface area contributed by atoms with Gasteiger partial charge in [-0.15, -0.1) is 0 Å². The van der Waals surface area contributed by atoms with Crippen molar-refractivity contribution in [3.8, 4) is 11.5 Å². The first-order valence-electron chi connectivity index (χ1n) is 9.27. The first-order chi connectivity index (χ1) is 14.1. The third-order valence-corrected chi connectivity index (χ3v) is 4.92. The Balaban J connectivity index is 1.72. The number of nitrogens with one attached hydrogen (secondary N) is 1. The normalized spacial score (nSPS) is 14.3. The van der Waals surface area contributed by atoms with Gasteiger partial charge in [0.15, 0.2) is 23.1 Å². The molecule has 0 unspecified atom stereocenters. The van der Waals surface area contributed by atoms with E-state index in [1.807, 2.05) is 24.0 Å². The van der Waals surface area contributed by atoms with Crippen LogP contribution in [0.2, 0.25) is 0 Å². The summed E-state index contributed by atoms with van der Waals surface area (Å²) in [4.78, 5) is 10.0. The lowest BCUT2D eigenvalue weighted by Crippen LogP contribution is -2.37. The molecule has 0 radical (unpaired) electrons. The average Bonchev–Trinajstić information content (AvgIpc) is 2.74. The lowest BCUT2D eigenvalue weighted by atomic mass is 10.2. The number of halogens is 2. The number of anilines is 2. The number of hydrogen-bond acceptors (Lipinski definition) is 8. The molecular formula is C19H23FIN5O3. The molecule has 1 aromatic heterocycles. The summed E-state index contributed by atoms with van der Waals surface area (Å²) >= 11 is 2.20. The van der Waals surface area contributed by atoms with Crippen molar-refractivity contribution >= 4 is 40.6 Å². The lowest BCUT2D eigenvalue weighted by Gasteiger charge is -2.27. The van der Waals surface area contributed by atoms with Gasteiger partial charge in [0.05, 0.1) is 42.9 Å². The van der Waals surface area contributed by atoms with Crippen LogP contribution in [0.5, 0.6) is 11.5 Å². The molecule has 2 aromatic rings. The van der Waals surface area contributed by atoms with E-state index < -0.39 is 5.82 Å². The molecular weight excluding hydrogens is 492 g/mol. The number of ether oxygens (including phenoxy) is 3. The van der Waals surface area contributed by atoms with E-state index in [-0.39, 0.29) is 11.8 Å². The van der Waals surface area contributed by atoms with Gasteiger partial charge in [-0.1, -0.05) is 6.92 Å². The highest BCUT2D eigenvalue weighted by molar-refractivity contribution is 14.1. The first kappa shape index (κ1) is 21.5. The molecule has 1 N–H and O–H groups in total. The minimum Gasteiger partial charge on any atom is -0.493 e. The SMILES string of the molecule is CCCOc1c(I)cc(C=NNc2ncc(F)c(N3CCOCC3)n2)cc1OC. The van der Waals surface area contributed by atoms with Gasteiger partial charge in [0.1, 0.15) is 0 Å². The van der Waals surface area contributed by atoms with Crippen molar-refractivity contribution in [2.45, 2.75) is 13.3 Å². The molecule has 0 atom stereocenters. The van der Waals surface area contributed by atoms with E-state index in [4.69, 9.17) is 14.2 Å². The Kier molecular flexibility index (Phi) is 7.81.